The van der Waals surface area contributed by atoms with Crippen molar-refractivity contribution in [3.8, 4) is 17.2 Å². The Labute approximate surface area is 219 Å². The van der Waals surface area contributed by atoms with Gasteiger partial charge in [-0.3, -0.25) is 4.90 Å². The van der Waals surface area contributed by atoms with E-state index < -0.39 is 17.5 Å². The molecule has 1 aliphatic rings. The van der Waals surface area contributed by atoms with Crippen LogP contribution in [0.4, 0.5) is 24.8 Å². The lowest BCUT2D eigenvalue weighted by atomic mass is 10.1. The summed E-state index contributed by atoms with van der Waals surface area (Å²) < 4.78 is 64.6. The molecule has 8 nitrogen and oxygen atoms in total. The zero-order valence-electron chi connectivity index (χ0n) is 21.4. The molecule has 0 atom stereocenters. The van der Waals surface area contributed by atoms with Gasteiger partial charge in [0.2, 0.25) is 5.95 Å². The minimum absolute atomic E-state index is 0.0641. The first-order chi connectivity index (χ1) is 18.4. The molecule has 3 aromatic rings. The third-order valence-electron chi connectivity index (χ3n) is 6.09. The van der Waals surface area contributed by atoms with Crippen LogP contribution in [0.5, 0.6) is 17.2 Å². The molecule has 0 spiro atoms. The van der Waals surface area contributed by atoms with E-state index in [9.17, 15) is 13.2 Å². The Morgan fingerprint density at radius 1 is 0.974 bits per heavy atom. The molecule has 1 fully saturated rings. The lowest BCUT2D eigenvalue weighted by molar-refractivity contribution is 0.0367. The largest absolute Gasteiger partial charge is 0.494 e. The van der Waals surface area contributed by atoms with Crippen molar-refractivity contribution in [2.45, 2.75) is 26.4 Å². The van der Waals surface area contributed by atoms with Gasteiger partial charge in [0.15, 0.2) is 28.9 Å². The molecule has 1 N–H and O–H groups in total. The molecule has 1 aromatic heterocycles. The Morgan fingerprint density at radius 3 is 2.45 bits per heavy atom. The predicted octanol–water partition coefficient (Wildman–Crippen LogP) is 5.02. The van der Waals surface area contributed by atoms with E-state index in [1.807, 2.05) is 0 Å². The maximum atomic E-state index is 14.5. The number of hydrogen-bond acceptors (Lipinski definition) is 8. The van der Waals surface area contributed by atoms with Gasteiger partial charge in [0.25, 0.3) is 0 Å². The number of unbranched alkanes of at least 4 members (excludes halogenated alkanes) is 1. The van der Waals surface area contributed by atoms with Crippen LogP contribution >= 0.6 is 0 Å². The van der Waals surface area contributed by atoms with Crippen molar-refractivity contribution in [3.05, 3.63) is 65.2 Å². The second-order valence-electron chi connectivity index (χ2n) is 8.81. The van der Waals surface area contributed by atoms with Gasteiger partial charge in [-0.15, -0.1) is 0 Å². The third kappa shape index (κ3) is 7.26. The second-order valence-corrected chi connectivity index (χ2v) is 8.81. The molecule has 2 aromatic carbocycles. The van der Waals surface area contributed by atoms with Crippen LogP contribution in [0.15, 0.2) is 36.7 Å². The highest BCUT2D eigenvalue weighted by Gasteiger charge is 2.18. The molecular formula is C27H31F3N4O4. The van der Waals surface area contributed by atoms with Gasteiger partial charge in [-0.25, -0.2) is 23.1 Å². The van der Waals surface area contributed by atoms with Gasteiger partial charge in [0.1, 0.15) is 12.4 Å². The van der Waals surface area contributed by atoms with Gasteiger partial charge in [-0.05, 0) is 50.1 Å². The summed E-state index contributed by atoms with van der Waals surface area (Å²) in [5.41, 5.74) is 0.427. The van der Waals surface area contributed by atoms with E-state index >= 15 is 0 Å². The smallest absolute Gasteiger partial charge is 0.227 e. The van der Waals surface area contributed by atoms with E-state index in [1.54, 1.807) is 12.1 Å². The fraction of sp³-hybridized carbons (Fsp3) is 0.407. The van der Waals surface area contributed by atoms with Crippen LogP contribution in [-0.2, 0) is 11.3 Å². The number of ether oxygens (including phenoxy) is 4. The Kier molecular flexibility index (Phi) is 9.61. The fourth-order valence-corrected chi connectivity index (χ4v) is 3.96. The maximum Gasteiger partial charge on any atom is 0.227 e. The minimum Gasteiger partial charge on any atom is -0.494 e. The summed E-state index contributed by atoms with van der Waals surface area (Å²) >= 11 is 0. The number of benzene rings is 2. The monoisotopic (exact) mass is 532 g/mol. The number of aryl methyl sites for hydroxylation is 1. The van der Waals surface area contributed by atoms with Crippen molar-refractivity contribution in [2.75, 3.05) is 51.9 Å². The number of rotatable bonds is 12. The van der Waals surface area contributed by atoms with Crippen LogP contribution < -0.4 is 19.5 Å². The Bertz CT molecular complexity index is 1210. The summed E-state index contributed by atoms with van der Waals surface area (Å²) in [7, 11) is 1.31. The van der Waals surface area contributed by atoms with Crippen LogP contribution in [0.1, 0.15) is 24.0 Å². The first-order valence-electron chi connectivity index (χ1n) is 12.4. The van der Waals surface area contributed by atoms with E-state index in [1.165, 1.54) is 38.6 Å². The van der Waals surface area contributed by atoms with E-state index in [2.05, 4.69) is 20.2 Å². The molecule has 0 bridgehead atoms. The summed E-state index contributed by atoms with van der Waals surface area (Å²) in [6.45, 7) is 6.01. The molecule has 0 radical (unpaired) electrons. The minimum atomic E-state index is -0.822. The summed E-state index contributed by atoms with van der Waals surface area (Å²) in [6, 6.07) is 5.80. The Balaban J connectivity index is 1.25. The molecule has 38 heavy (non-hydrogen) atoms. The maximum absolute atomic E-state index is 14.5. The molecule has 204 valence electrons. The molecule has 1 saturated heterocycles. The van der Waals surface area contributed by atoms with Crippen LogP contribution in [0.3, 0.4) is 0 Å². The van der Waals surface area contributed by atoms with Crippen LogP contribution in [0.2, 0.25) is 0 Å². The number of morpholine rings is 1. The molecule has 2 heterocycles. The standard InChI is InChI=1S/C27H31F3N4O4/c1-18-13-24(35-2)26(30)21(25(18)29)17-38-20-15-31-27(32-16-20)33-19-5-6-23(22(28)14-19)37-10-4-3-7-34-8-11-36-12-9-34/h5-6,13-16H,3-4,7-12,17H2,1-2H3,(H,31,32,33). The van der Waals surface area contributed by atoms with Crippen LogP contribution in [0, 0.1) is 24.4 Å². The molecular weight excluding hydrogens is 501 g/mol. The van der Waals surface area contributed by atoms with Crippen molar-refractivity contribution in [1.82, 2.24) is 14.9 Å². The molecule has 1 aliphatic heterocycles. The van der Waals surface area contributed by atoms with Crippen molar-refractivity contribution >= 4 is 11.6 Å². The summed E-state index contributed by atoms with van der Waals surface area (Å²) in [5, 5.41) is 2.90. The topological polar surface area (TPSA) is 78.0 Å². The molecule has 4 rings (SSSR count). The highest BCUT2D eigenvalue weighted by atomic mass is 19.1. The second kappa shape index (κ2) is 13.3. The highest BCUT2D eigenvalue weighted by molar-refractivity contribution is 5.55. The third-order valence-corrected chi connectivity index (χ3v) is 6.09. The number of nitrogens with one attached hydrogen (secondary N) is 1. The first-order valence-corrected chi connectivity index (χ1v) is 12.4. The number of halogens is 3. The predicted molar refractivity (Wildman–Crippen MR) is 136 cm³/mol. The molecule has 11 heteroatoms. The number of anilines is 2. The van der Waals surface area contributed by atoms with Crippen molar-refractivity contribution < 1.29 is 32.1 Å². The highest BCUT2D eigenvalue weighted by Crippen LogP contribution is 2.28. The van der Waals surface area contributed by atoms with E-state index in [0.29, 0.717) is 12.3 Å². The zero-order valence-corrected chi connectivity index (χ0v) is 21.4. The molecule has 0 unspecified atom stereocenters. The lowest BCUT2D eigenvalue weighted by Crippen LogP contribution is -2.36. The van der Waals surface area contributed by atoms with Crippen LogP contribution in [-0.4, -0.2) is 61.4 Å². The van der Waals surface area contributed by atoms with Crippen LogP contribution in [0.25, 0.3) is 0 Å². The molecule has 0 saturated carbocycles. The van der Waals surface area contributed by atoms with Crippen molar-refractivity contribution in [1.29, 1.82) is 0 Å². The summed E-state index contributed by atoms with van der Waals surface area (Å²) in [4.78, 5) is 10.6. The summed E-state index contributed by atoms with van der Waals surface area (Å²) in [6.07, 6.45) is 4.50. The van der Waals surface area contributed by atoms with Crippen molar-refractivity contribution in [2.24, 2.45) is 0 Å². The number of nitrogens with zero attached hydrogens (tertiary/aromatic N) is 3. The zero-order chi connectivity index (χ0) is 26.9. The van der Waals surface area contributed by atoms with Gasteiger partial charge in [0, 0.05) is 24.8 Å². The average molecular weight is 533 g/mol. The van der Waals surface area contributed by atoms with E-state index in [4.69, 9.17) is 18.9 Å². The number of aromatic nitrogens is 2. The first kappa shape index (κ1) is 27.5. The lowest BCUT2D eigenvalue weighted by Gasteiger charge is -2.26. The average Bonchev–Trinajstić information content (AvgIpc) is 2.93. The van der Waals surface area contributed by atoms with E-state index in [-0.39, 0.29) is 40.9 Å². The van der Waals surface area contributed by atoms with Crippen molar-refractivity contribution in [3.63, 3.8) is 0 Å². The normalized spacial score (nSPS) is 13.8. The summed E-state index contributed by atoms with van der Waals surface area (Å²) in [5.74, 6) is -1.51. The molecule has 0 aliphatic carbocycles. The Hall–Kier alpha value is -3.57. The van der Waals surface area contributed by atoms with Gasteiger partial charge >= 0.3 is 0 Å². The number of methoxy groups -OCH3 is 1. The van der Waals surface area contributed by atoms with E-state index in [0.717, 1.165) is 45.7 Å². The molecule has 0 amide bonds. The van der Waals surface area contributed by atoms with Gasteiger partial charge < -0.3 is 24.3 Å². The van der Waals surface area contributed by atoms with Gasteiger partial charge in [-0.2, -0.15) is 0 Å². The van der Waals surface area contributed by atoms with Gasteiger partial charge in [-0.1, -0.05) is 0 Å². The Morgan fingerprint density at radius 2 is 1.74 bits per heavy atom. The quantitative estimate of drug-likeness (QED) is 0.326. The SMILES string of the molecule is COc1cc(C)c(F)c(COc2cnc(Nc3ccc(OCCCCN4CCOCC4)c(F)c3)nc2)c1F. The number of hydrogen-bond donors (Lipinski definition) is 1. The van der Waals surface area contributed by atoms with Gasteiger partial charge in [0.05, 0.1) is 44.9 Å². The fourth-order valence-electron chi connectivity index (χ4n) is 3.96.